The lowest BCUT2D eigenvalue weighted by Crippen LogP contribution is -2.51. The number of carbonyl (C=O) groups excluding carboxylic acids is 1. The molecule has 5 rings (SSSR count). The summed E-state index contributed by atoms with van der Waals surface area (Å²) in [6.45, 7) is 3.22. The lowest BCUT2D eigenvalue weighted by Gasteiger charge is -2.35. The second kappa shape index (κ2) is 8.65. The van der Waals surface area contributed by atoms with E-state index in [0.29, 0.717) is 43.7 Å². The van der Waals surface area contributed by atoms with Crippen LogP contribution >= 0.6 is 15.9 Å². The fourth-order valence-electron chi connectivity index (χ4n) is 3.92. The second-order valence-corrected chi connectivity index (χ2v) is 9.16. The number of hydrogen-bond acceptors (Lipinski definition) is 5. The Hall–Kier alpha value is -2.35. The summed E-state index contributed by atoms with van der Waals surface area (Å²) in [5.41, 5.74) is 2.13. The standard InChI is InChI=1S/C24H25BrN2O4/c25-21-13-18(5-8-22(21)30-12-11-26-14-19(28)15-26)27-10-9-23(24(27)29)31-20-6-3-17(4-7-20)16-1-2-16/h3-9,13,16,19,28H,1-2,10-12,14-15H2. The first-order valence-corrected chi connectivity index (χ1v) is 11.5. The topological polar surface area (TPSA) is 62.2 Å². The SMILES string of the molecule is O=C1C(Oc2ccc(C3CC3)cc2)=CCN1c1ccc(OCCN2CC(O)C2)c(Br)c1. The minimum Gasteiger partial charge on any atom is -0.491 e. The fraction of sp³-hybridized carbons (Fsp3) is 0.375. The van der Waals surface area contributed by atoms with Crippen LogP contribution in [0.25, 0.3) is 0 Å². The summed E-state index contributed by atoms with van der Waals surface area (Å²) in [6.07, 6.45) is 4.15. The molecule has 2 aromatic carbocycles. The Morgan fingerprint density at radius 3 is 2.55 bits per heavy atom. The van der Waals surface area contributed by atoms with Crippen molar-refractivity contribution < 1.29 is 19.4 Å². The van der Waals surface area contributed by atoms with E-state index in [1.807, 2.05) is 36.4 Å². The monoisotopic (exact) mass is 484 g/mol. The van der Waals surface area contributed by atoms with Crippen molar-refractivity contribution >= 4 is 27.5 Å². The first-order valence-electron chi connectivity index (χ1n) is 10.7. The number of ether oxygens (including phenoxy) is 2. The maximum Gasteiger partial charge on any atom is 0.294 e. The molecule has 31 heavy (non-hydrogen) atoms. The molecule has 7 heteroatoms. The van der Waals surface area contributed by atoms with Crippen molar-refractivity contribution in [3.8, 4) is 11.5 Å². The predicted molar refractivity (Wildman–Crippen MR) is 122 cm³/mol. The van der Waals surface area contributed by atoms with Crippen molar-refractivity contribution in [2.45, 2.75) is 24.9 Å². The molecule has 1 saturated heterocycles. The Kier molecular flexibility index (Phi) is 5.73. The zero-order valence-corrected chi connectivity index (χ0v) is 18.8. The Labute approximate surface area is 190 Å². The van der Waals surface area contributed by atoms with E-state index in [1.54, 1.807) is 4.90 Å². The number of β-amino-alcohol motifs (C(OH)–C–C–N with tert-alkyl or cyclic N) is 1. The average molecular weight is 485 g/mol. The zero-order valence-electron chi connectivity index (χ0n) is 17.2. The van der Waals surface area contributed by atoms with Crippen molar-refractivity contribution in [1.29, 1.82) is 0 Å². The minimum atomic E-state index is -0.200. The van der Waals surface area contributed by atoms with E-state index in [4.69, 9.17) is 9.47 Å². The van der Waals surface area contributed by atoms with Gasteiger partial charge in [-0.25, -0.2) is 0 Å². The van der Waals surface area contributed by atoms with Crippen LogP contribution in [0.15, 0.2) is 58.8 Å². The summed E-state index contributed by atoms with van der Waals surface area (Å²) in [5, 5.41) is 9.33. The van der Waals surface area contributed by atoms with Gasteiger partial charge < -0.3 is 19.5 Å². The lowest BCUT2D eigenvalue weighted by molar-refractivity contribution is -0.116. The Morgan fingerprint density at radius 2 is 1.87 bits per heavy atom. The number of carbonyl (C=O) groups is 1. The van der Waals surface area contributed by atoms with Gasteiger partial charge in [0.25, 0.3) is 5.91 Å². The first kappa shape index (κ1) is 20.5. The van der Waals surface area contributed by atoms with Crippen LogP contribution in [0.5, 0.6) is 11.5 Å². The third-order valence-electron chi connectivity index (χ3n) is 5.90. The first-order chi connectivity index (χ1) is 15.1. The van der Waals surface area contributed by atoms with E-state index in [9.17, 15) is 9.90 Å². The molecule has 2 aromatic rings. The summed E-state index contributed by atoms with van der Waals surface area (Å²) >= 11 is 3.55. The molecule has 6 nitrogen and oxygen atoms in total. The van der Waals surface area contributed by atoms with Crippen molar-refractivity contribution in [2.75, 3.05) is 37.7 Å². The third-order valence-corrected chi connectivity index (χ3v) is 6.52. The van der Waals surface area contributed by atoms with Crippen LogP contribution in [0, 0.1) is 0 Å². The Bertz CT molecular complexity index is 997. The molecule has 3 aliphatic rings. The van der Waals surface area contributed by atoms with E-state index >= 15 is 0 Å². The number of halogens is 1. The molecule has 2 heterocycles. The van der Waals surface area contributed by atoms with Gasteiger partial charge in [0.15, 0.2) is 5.76 Å². The number of anilines is 1. The summed E-state index contributed by atoms with van der Waals surface area (Å²) in [6, 6.07) is 13.7. The maximum absolute atomic E-state index is 12.9. The molecule has 1 saturated carbocycles. The van der Waals surface area contributed by atoms with Crippen LogP contribution in [0.4, 0.5) is 5.69 Å². The van der Waals surface area contributed by atoms with Crippen LogP contribution < -0.4 is 14.4 Å². The molecule has 0 atom stereocenters. The van der Waals surface area contributed by atoms with Crippen molar-refractivity contribution in [2.24, 2.45) is 0 Å². The quantitative estimate of drug-likeness (QED) is 0.618. The number of aliphatic hydroxyl groups is 1. The van der Waals surface area contributed by atoms with Gasteiger partial charge in [-0.15, -0.1) is 0 Å². The maximum atomic E-state index is 12.9. The molecule has 0 radical (unpaired) electrons. The summed E-state index contributed by atoms with van der Waals surface area (Å²) < 4.78 is 12.5. The molecule has 0 spiro atoms. The second-order valence-electron chi connectivity index (χ2n) is 8.31. The summed E-state index contributed by atoms with van der Waals surface area (Å²) in [7, 11) is 0. The highest BCUT2D eigenvalue weighted by Crippen LogP contribution is 2.40. The van der Waals surface area contributed by atoms with Gasteiger partial charge in [-0.1, -0.05) is 12.1 Å². The molecule has 0 unspecified atom stereocenters. The van der Waals surface area contributed by atoms with Gasteiger partial charge in [-0.2, -0.15) is 0 Å². The number of likely N-dealkylation sites (tertiary alicyclic amines) is 1. The van der Waals surface area contributed by atoms with Crippen LogP contribution in [-0.4, -0.2) is 54.8 Å². The van der Waals surface area contributed by atoms with Crippen molar-refractivity contribution in [3.63, 3.8) is 0 Å². The average Bonchev–Trinajstić information content (AvgIpc) is 3.53. The highest BCUT2D eigenvalue weighted by atomic mass is 79.9. The zero-order chi connectivity index (χ0) is 21.4. The van der Waals surface area contributed by atoms with Gasteiger partial charge in [0, 0.05) is 31.9 Å². The van der Waals surface area contributed by atoms with Gasteiger partial charge in [-0.05, 0) is 76.7 Å². The van der Waals surface area contributed by atoms with Gasteiger partial charge in [0.05, 0.1) is 10.6 Å². The number of hydrogen-bond donors (Lipinski definition) is 1. The van der Waals surface area contributed by atoms with Crippen LogP contribution in [0.1, 0.15) is 24.3 Å². The van der Waals surface area contributed by atoms with E-state index in [2.05, 4.69) is 33.0 Å². The van der Waals surface area contributed by atoms with E-state index in [-0.39, 0.29) is 12.0 Å². The highest BCUT2D eigenvalue weighted by molar-refractivity contribution is 9.10. The number of rotatable bonds is 8. The predicted octanol–water partition coefficient (Wildman–Crippen LogP) is 3.69. The van der Waals surface area contributed by atoms with E-state index in [1.165, 1.54) is 18.4 Å². The normalized spacial score (nSPS) is 19.4. The molecular formula is C24H25BrN2O4. The number of benzene rings is 2. The molecule has 2 aliphatic heterocycles. The van der Waals surface area contributed by atoms with Gasteiger partial charge >= 0.3 is 0 Å². The molecule has 1 amide bonds. The molecule has 0 aromatic heterocycles. The molecule has 1 aliphatic carbocycles. The van der Waals surface area contributed by atoms with Gasteiger partial charge in [0.1, 0.15) is 18.1 Å². The van der Waals surface area contributed by atoms with Crippen LogP contribution in [0.2, 0.25) is 0 Å². The van der Waals surface area contributed by atoms with Crippen molar-refractivity contribution in [3.05, 3.63) is 64.3 Å². The number of amides is 1. The van der Waals surface area contributed by atoms with Crippen LogP contribution in [-0.2, 0) is 4.79 Å². The van der Waals surface area contributed by atoms with E-state index < -0.39 is 0 Å². The Balaban J connectivity index is 1.17. The lowest BCUT2D eigenvalue weighted by atomic mass is 10.1. The largest absolute Gasteiger partial charge is 0.491 e. The minimum absolute atomic E-state index is 0.150. The third kappa shape index (κ3) is 4.63. The number of aliphatic hydroxyl groups excluding tert-OH is 1. The summed E-state index contributed by atoms with van der Waals surface area (Å²) in [4.78, 5) is 16.7. The number of nitrogens with zero attached hydrogens (tertiary/aromatic N) is 2. The van der Waals surface area contributed by atoms with Gasteiger partial charge in [-0.3, -0.25) is 9.69 Å². The van der Waals surface area contributed by atoms with E-state index in [0.717, 1.165) is 22.5 Å². The highest BCUT2D eigenvalue weighted by Gasteiger charge is 2.28. The molecular weight excluding hydrogens is 460 g/mol. The van der Waals surface area contributed by atoms with Crippen LogP contribution in [0.3, 0.4) is 0 Å². The molecule has 2 fully saturated rings. The molecule has 162 valence electrons. The molecule has 1 N–H and O–H groups in total. The molecule has 0 bridgehead atoms. The van der Waals surface area contributed by atoms with Gasteiger partial charge in [0.2, 0.25) is 0 Å². The summed E-state index contributed by atoms with van der Waals surface area (Å²) in [5.74, 6) is 2.32. The van der Waals surface area contributed by atoms with Crippen molar-refractivity contribution in [1.82, 2.24) is 4.90 Å². The fourth-order valence-corrected chi connectivity index (χ4v) is 4.40. The smallest absolute Gasteiger partial charge is 0.294 e. The Morgan fingerprint density at radius 1 is 1.10 bits per heavy atom.